The number of rotatable bonds is 0. The molecule has 5 nitrogen and oxygen atoms in total. The molecule has 2 heterocycles. The molecule has 2 aromatic carbocycles. The third-order valence-electron chi connectivity index (χ3n) is 2.89. The summed E-state index contributed by atoms with van der Waals surface area (Å²) in [5, 5.41) is 1.09. The number of urea groups is 1. The molecule has 0 N–H and O–H groups in total. The highest BCUT2D eigenvalue weighted by Crippen LogP contribution is 2.12. The van der Waals surface area contributed by atoms with Crippen molar-refractivity contribution in [3.8, 4) is 0 Å². The number of amides is 2. The lowest BCUT2D eigenvalue weighted by molar-refractivity contribution is 0.257. The first-order valence-corrected chi connectivity index (χ1v) is 5.48. The van der Waals surface area contributed by atoms with E-state index in [9.17, 15) is 4.79 Å². The predicted octanol–water partition coefficient (Wildman–Crippen LogP) is 1.16. The SMILES string of the molecule is O=C1N=c2ccc3nc4ccccc4nc3c2=N1. The summed E-state index contributed by atoms with van der Waals surface area (Å²) >= 11 is 0. The van der Waals surface area contributed by atoms with Crippen molar-refractivity contribution in [2.45, 2.75) is 0 Å². The molecule has 0 radical (unpaired) electrons. The summed E-state index contributed by atoms with van der Waals surface area (Å²) in [6.07, 6.45) is 0. The Morgan fingerprint density at radius 3 is 2.39 bits per heavy atom. The van der Waals surface area contributed by atoms with E-state index < -0.39 is 6.03 Å². The molecule has 2 amide bonds. The second-order valence-corrected chi connectivity index (χ2v) is 4.02. The number of benzene rings is 2. The van der Waals surface area contributed by atoms with E-state index in [0.717, 1.165) is 16.6 Å². The van der Waals surface area contributed by atoms with Crippen LogP contribution in [0.5, 0.6) is 0 Å². The number of carbonyl (C=O) groups is 1. The van der Waals surface area contributed by atoms with Gasteiger partial charge < -0.3 is 0 Å². The lowest BCUT2D eigenvalue weighted by Crippen LogP contribution is -2.23. The van der Waals surface area contributed by atoms with Crippen LogP contribution in [0.15, 0.2) is 46.4 Å². The van der Waals surface area contributed by atoms with Crippen LogP contribution in [0.4, 0.5) is 4.79 Å². The standard InChI is InChI=1S/C13H6N4O/c18-13-16-10-6-5-9-11(12(10)17-13)15-8-4-2-1-3-7(8)14-9/h1-6H. The Morgan fingerprint density at radius 1 is 0.778 bits per heavy atom. The minimum absolute atomic E-state index is 0.479. The van der Waals surface area contributed by atoms with Crippen LogP contribution in [0, 0.1) is 0 Å². The van der Waals surface area contributed by atoms with E-state index in [2.05, 4.69) is 20.0 Å². The summed E-state index contributed by atoms with van der Waals surface area (Å²) in [4.78, 5) is 27.9. The normalized spacial score (nSPS) is 13.4. The molecule has 3 aromatic rings. The van der Waals surface area contributed by atoms with Crippen molar-refractivity contribution >= 4 is 28.1 Å². The zero-order valence-electron chi connectivity index (χ0n) is 9.16. The van der Waals surface area contributed by atoms with Gasteiger partial charge in [-0.3, -0.25) is 0 Å². The molecule has 0 saturated carbocycles. The Balaban J connectivity index is 2.29. The molecule has 0 fully saturated rings. The number of carbonyl (C=O) groups excluding carboxylic acids is 1. The molecule has 1 aliphatic heterocycles. The minimum Gasteiger partial charge on any atom is -0.244 e. The van der Waals surface area contributed by atoms with Gasteiger partial charge in [0.15, 0.2) is 0 Å². The summed E-state index contributed by atoms with van der Waals surface area (Å²) in [5.41, 5.74) is 2.96. The molecule has 1 aromatic heterocycles. The summed E-state index contributed by atoms with van der Waals surface area (Å²) in [5.74, 6) is 0. The Kier molecular flexibility index (Phi) is 1.64. The molecule has 0 bridgehead atoms. The van der Waals surface area contributed by atoms with Gasteiger partial charge in [-0.25, -0.2) is 14.8 Å². The van der Waals surface area contributed by atoms with Gasteiger partial charge in [0.25, 0.3) is 0 Å². The molecule has 1 aliphatic rings. The van der Waals surface area contributed by atoms with Crippen LogP contribution in [0.2, 0.25) is 0 Å². The number of nitrogens with zero attached hydrogens (tertiary/aromatic N) is 4. The molecule has 0 atom stereocenters. The summed E-state index contributed by atoms with van der Waals surface area (Å²) in [6, 6.07) is 10.7. The second kappa shape index (κ2) is 3.16. The predicted molar refractivity (Wildman–Crippen MR) is 64.8 cm³/mol. The number of hydrogen-bond acceptors (Lipinski definition) is 3. The van der Waals surface area contributed by atoms with Gasteiger partial charge in [0, 0.05) is 0 Å². The van der Waals surface area contributed by atoms with Crippen molar-refractivity contribution in [3.63, 3.8) is 0 Å². The van der Waals surface area contributed by atoms with E-state index in [4.69, 9.17) is 0 Å². The first kappa shape index (κ1) is 9.35. The molecule has 84 valence electrons. The Labute approximate surface area is 101 Å². The van der Waals surface area contributed by atoms with Gasteiger partial charge in [-0.1, -0.05) is 12.1 Å². The maximum Gasteiger partial charge on any atom is 0.368 e. The number of hydrogen-bond donors (Lipinski definition) is 0. The smallest absolute Gasteiger partial charge is 0.244 e. The molecule has 0 aliphatic carbocycles. The molecular formula is C13H6N4O. The van der Waals surface area contributed by atoms with E-state index in [1.807, 2.05) is 30.3 Å². The van der Waals surface area contributed by atoms with Gasteiger partial charge in [0.1, 0.15) is 10.9 Å². The van der Waals surface area contributed by atoms with Crippen molar-refractivity contribution in [1.82, 2.24) is 9.97 Å². The highest BCUT2D eigenvalue weighted by Gasteiger charge is 2.10. The van der Waals surface area contributed by atoms with Gasteiger partial charge in [0.2, 0.25) is 0 Å². The average molecular weight is 234 g/mol. The Hall–Kier alpha value is -2.69. The van der Waals surface area contributed by atoms with E-state index in [0.29, 0.717) is 16.2 Å². The first-order valence-electron chi connectivity index (χ1n) is 5.48. The average Bonchev–Trinajstić information content (AvgIpc) is 2.77. The third-order valence-corrected chi connectivity index (χ3v) is 2.89. The Morgan fingerprint density at radius 2 is 1.56 bits per heavy atom. The van der Waals surface area contributed by atoms with E-state index >= 15 is 0 Å². The lowest BCUT2D eigenvalue weighted by atomic mass is 10.2. The quantitative estimate of drug-likeness (QED) is 0.548. The number of para-hydroxylation sites is 2. The highest BCUT2D eigenvalue weighted by atomic mass is 16.2. The fourth-order valence-corrected chi connectivity index (χ4v) is 2.09. The lowest BCUT2D eigenvalue weighted by Gasteiger charge is -1.99. The fourth-order valence-electron chi connectivity index (χ4n) is 2.09. The van der Waals surface area contributed by atoms with E-state index in [-0.39, 0.29) is 0 Å². The molecule has 0 unspecified atom stereocenters. The van der Waals surface area contributed by atoms with Crippen molar-refractivity contribution in [1.29, 1.82) is 0 Å². The molecule has 0 saturated heterocycles. The fraction of sp³-hybridized carbons (Fsp3) is 0. The highest BCUT2D eigenvalue weighted by molar-refractivity contribution is 5.87. The van der Waals surface area contributed by atoms with Gasteiger partial charge in [-0.2, -0.15) is 9.98 Å². The van der Waals surface area contributed by atoms with E-state index in [1.165, 1.54) is 0 Å². The van der Waals surface area contributed by atoms with Gasteiger partial charge in [-0.05, 0) is 24.3 Å². The van der Waals surface area contributed by atoms with Crippen LogP contribution in [-0.2, 0) is 0 Å². The van der Waals surface area contributed by atoms with Crippen LogP contribution >= 0.6 is 0 Å². The summed E-state index contributed by atoms with van der Waals surface area (Å²) in [6.45, 7) is 0. The zero-order chi connectivity index (χ0) is 12.1. The zero-order valence-corrected chi connectivity index (χ0v) is 9.16. The second-order valence-electron chi connectivity index (χ2n) is 4.02. The van der Waals surface area contributed by atoms with Gasteiger partial charge in [-0.15, -0.1) is 0 Å². The largest absolute Gasteiger partial charge is 0.368 e. The molecule has 5 heteroatoms. The van der Waals surface area contributed by atoms with Crippen molar-refractivity contribution in [2.75, 3.05) is 0 Å². The minimum atomic E-state index is -0.479. The molecular weight excluding hydrogens is 228 g/mol. The monoisotopic (exact) mass is 234 g/mol. The first-order chi connectivity index (χ1) is 8.81. The van der Waals surface area contributed by atoms with Crippen LogP contribution in [0.25, 0.3) is 22.1 Å². The van der Waals surface area contributed by atoms with Crippen LogP contribution in [0.3, 0.4) is 0 Å². The van der Waals surface area contributed by atoms with Crippen LogP contribution in [-0.4, -0.2) is 16.0 Å². The van der Waals surface area contributed by atoms with Crippen molar-refractivity contribution in [2.24, 2.45) is 9.98 Å². The number of fused-ring (bicyclic) bond motifs is 4. The maximum absolute atomic E-state index is 11.2. The van der Waals surface area contributed by atoms with Gasteiger partial charge >= 0.3 is 6.03 Å². The van der Waals surface area contributed by atoms with Crippen molar-refractivity contribution in [3.05, 3.63) is 47.1 Å². The third kappa shape index (κ3) is 1.18. The van der Waals surface area contributed by atoms with E-state index in [1.54, 1.807) is 6.07 Å². The molecule has 0 spiro atoms. The van der Waals surface area contributed by atoms with Crippen LogP contribution in [0.1, 0.15) is 0 Å². The van der Waals surface area contributed by atoms with Crippen molar-refractivity contribution < 1.29 is 4.79 Å². The maximum atomic E-state index is 11.2. The van der Waals surface area contributed by atoms with Crippen LogP contribution < -0.4 is 10.7 Å². The summed E-state index contributed by atoms with van der Waals surface area (Å²) < 4.78 is 0. The molecule has 18 heavy (non-hydrogen) atoms. The van der Waals surface area contributed by atoms with Gasteiger partial charge in [0.05, 0.1) is 21.9 Å². The number of aromatic nitrogens is 2. The molecule has 4 rings (SSSR count). The summed E-state index contributed by atoms with van der Waals surface area (Å²) in [7, 11) is 0. The Bertz CT molecular complexity index is 946. The topological polar surface area (TPSA) is 67.6 Å².